The first-order valence-electron chi connectivity index (χ1n) is 11.3. The molecule has 0 saturated heterocycles. The van der Waals surface area contributed by atoms with Crippen LogP contribution in [-0.2, 0) is 16.1 Å². The number of nitrogens with one attached hydrogen (secondary N) is 2. The van der Waals surface area contributed by atoms with Gasteiger partial charge in [0.15, 0.2) is 0 Å². The normalized spacial score (nSPS) is 14.0. The van der Waals surface area contributed by atoms with Gasteiger partial charge in [0, 0.05) is 17.8 Å². The Morgan fingerprint density at radius 2 is 1.73 bits per heavy atom. The third kappa shape index (κ3) is 7.79. The lowest BCUT2D eigenvalue weighted by atomic mass is 9.89. The van der Waals surface area contributed by atoms with Crippen LogP contribution in [0.2, 0.25) is 0 Å². The molecule has 2 amide bonds. The van der Waals surface area contributed by atoms with Crippen molar-refractivity contribution in [2.24, 2.45) is 5.92 Å². The lowest BCUT2D eigenvalue weighted by molar-refractivity contribution is -0.111. The molecule has 1 saturated carbocycles. The van der Waals surface area contributed by atoms with Crippen LogP contribution >= 0.6 is 0 Å². The van der Waals surface area contributed by atoms with Crippen molar-refractivity contribution < 1.29 is 23.9 Å². The van der Waals surface area contributed by atoms with Crippen molar-refractivity contribution in [2.45, 2.75) is 45.6 Å². The van der Waals surface area contributed by atoms with Gasteiger partial charge in [0.2, 0.25) is 5.91 Å². The van der Waals surface area contributed by atoms with E-state index in [4.69, 9.17) is 9.47 Å². The van der Waals surface area contributed by atoms with Crippen LogP contribution in [0.4, 0.5) is 10.5 Å². The predicted octanol–water partition coefficient (Wildman–Crippen LogP) is 5.23. The van der Waals surface area contributed by atoms with Gasteiger partial charge in [0.05, 0.1) is 6.61 Å². The summed E-state index contributed by atoms with van der Waals surface area (Å²) in [5, 5.41) is 5.76. The summed E-state index contributed by atoms with van der Waals surface area (Å²) in [5.74, 6) is 0.319. The van der Waals surface area contributed by atoms with Crippen LogP contribution in [0.3, 0.4) is 0 Å². The second-order valence-electron chi connectivity index (χ2n) is 7.90. The molecule has 0 aliphatic heterocycles. The molecule has 0 bridgehead atoms. The van der Waals surface area contributed by atoms with Crippen LogP contribution in [-0.4, -0.2) is 24.6 Å². The zero-order valence-corrected chi connectivity index (χ0v) is 18.8. The number of anilines is 1. The molecule has 3 rings (SSSR count). The number of benzene rings is 2. The highest BCUT2D eigenvalue weighted by atomic mass is 16.7. The maximum Gasteiger partial charge on any atom is 0.513 e. The lowest BCUT2D eigenvalue weighted by Crippen LogP contribution is -2.23. The largest absolute Gasteiger partial charge is 0.513 e. The van der Waals surface area contributed by atoms with Crippen LogP contribution in [0.5, 0.6) is 5.75 Å². The van der Waals surface area contributed by atoms with Gasteiger partial charge >= 0.3 is 6.16 Å². The number of hydrogen-bond acceptors (Lipinski definition) is 5. The Kier molecular flexibility index (Phi) is 9.06. The van der Waals surface area contributed by atoms with E-state index in [0.29, 0.717) is 22.9 Å². The zero-order valence-electron chi connectivity index (χ0n) is 18.8. The first-order chi connectivity index (χ1) is 16.0. The molecule has 0 unspecified atom stereocenters. The molecule has 1 fully saturated rings. The number of allylic oxidation sites excluding steroid dienone is 1. The fraction of sp³-hybridized carbons (Fsp3) is 0.346. The lowest BCUT2D eigenvalue weighted by Gasteiger charge is -2.17. The van der Waals surface area contributed by atoms with Crippen molar-refractivity contribution in [3.05, 3.63) is 71.8 Å². The van der Waals surface area contributed by atoms with Crippen molar-refractivity contribution in [3.63, 3.8) is 0 Å². The quantitative estimate of drug-likeness (QED) is 0.326. The molecule has 1 aliphatic rings. The third-order valence-electron chi connectivity index (χ3n) is 5.46. The maximum absolute atomic E-state index is 12.5. The Morgan fingerprint density at radius 3 is 2.45 bits per heavy atom. The minimum Gasteiger partial charge on any atom is -0.434 e. The average Bonchev–Trinajstić information content (AvgIpc) is 2.83. The number of para-hydroxylation sites is 1. The minimum atomic E-state index is -0.790. The summed E-state index contributed by atoms with van der Waals surface area (Å²) >= 11 is 0. The first kappa shape index (κ1) is 24.0. The standard InChI is InChI=1S/C26H30N2O5/c1-2-32-26(31)33-22-15-13-20(14-16-22)25(30)27-18-21-10-6-7-11-23(21)28-24(29)17-12-19-8-4-3-5-9-19/h6-7,10-17,19H,2-5,8-9,18H2,1H3,(H,27,30)(H,28,29)/b17-12+. The second-order valence-corrected chi connectivity index (χ2v) is 7.90. The molecule has 0 radical (unpaired) electrons. The Labute approximate surface area is 194 Å². The number of rotatable bonds is 8. The molecular weight excluding hydrogens is 420 g/mol. The highest BCUT2D eigenvalue weighted by Gasteiger charge is 2.12. The van der Waals surface area contributed by atoms with Crippen molar-refractivity contribution in [1.82, 2.24) is 5.32 Å². The Balaban J connectivity index is 1.53. The van der Waals surface area contributed by atoms with Gasteiger partial charge < -0.3 is 20.1 Å². The molecule has 2 N–H and O–H groups in total. The van der Waals surface area contributed by atoms with Crippen molar-refractivity contribution in [3.8, 4) is 5.75 Å². The molecule has 0 aromatic heterocycles. The van der Waals surface area contributed by atoms with Crippen LogP contribution in [0.1, 0.15) is 54.9 Å². The fourth-order valence-electron chi connectivity index (χ4n) is 3.72. The number of amides is 2. The summed E-state index contributed by atoms with van der Waals surface area (Å²) in [6.45, 7) is 2.16. The Morgan fingerprint density at radius 1 is 1.00 bits per heavy atom. The van der Waals surface area contributed by atoms with Gasteiger partial charge in [-0.2, -0.15) is 0 Å². The van der Waals surface area contributed by atoms with E-state index in [0.717, 1.165) is 18.4 Å². The molecule has 2 aromatic carbocycles. The molecule has 2 aromatic rings. The highest BCUT2D eigenvalue weighted by Crippen LogP contribution is 2.24. The van der Waals surface area contributed by atoms with Crippen LogP contribution in [0.15, 0.2) is 60.7 Å². The second kappa shape index (κ2) is 12.4. The summed E-state index contributed by atoms with van der Waals surface area (Å²) in [6.07, 6.45) is 8.84. The van der Waals surface area contributed by atoms with E-state index in [-0.39, 0.29) is 25.0 Å². The fourth-order valence-corrected chi connectivity index (χ4v) is 3.72. The molecule has 33 heavy (non-hydrogen) atoms. The van der Waals surface area contributed by atoms with Crippen LogP contribution in [0.25, 0.3) is 0 Å². The molecule has 174 valence electrons. The van der Waals surface area contributed by atoms with Gasteiger partial charge in [-0.1, -0.05) is 43.5 Å². The van der Waals surface area contributed by atoms with E-state index >= 15 is 0 Å². The van der Waals surface area contributed by atoms with Gasteiger partial charge in [-0.15, -0.1) is 0 Å². The number of ether oxygens (including phenoxy) is 2. The average molecular weight is 451 g/mol. The van der Waals surface area contributed by atoms with Crippen LogP contribution in [0, 0.1) is 5.92 Å². The van der Waals surface area contributed by atoms with Gasteiger partial charge in [-0.05, 0) is 67.7 Å². The summed E-state index contributed by atoms with van der Waals surface area (Å²) < 4.78 is 9.71. The number of hydrogen-bond donors (Lipinski definition) is 2. The van der Waals surface area contributed by atoms with Gasteiger partial charge in [0.1, 0.15) is 5.75 Å². The van der Waals surface area contributed by atoms with E-state index < -0.39 is 6.16 Å². The van der Waals surface area contributed by atoms with Crippen molar-refractivity contribution in [1.29, 1.82) is 0 Å². The minimum absolute atomic E-state index is 0.170. The topological polar surface area (TPSA) is 93.7 Å². The first-order valence-corrected chi connectivity index (χ1v) is 11.3. The Hall–Kier alpha value is -3.61. The monoisotopic (exact) mass is 450 g/mol. The Bertz CT molecular complexity index is 978. The summed E-state index contributed by atoms with van der Waals surface area (Å²) in [4.78, 5) is 36.3. The molecule has 0 heterocycles. The zero-order chi connectivity index (χ0) is 23.5. The highest BCUT2D eigenvalue weighted by molar-refractivity contribution is 6.00. The number of carbonyl (C=O) groups excluding carboxylic acids is 3. The van der Waals surface area contributed by atoms with E-state index in [1.165, 1.54) is 31.4 Å². The molecule has 7 nitrogen and oxygen atoms in total. The maximum atomic E-state index is 12.5. The number of carbonyl (C=O) groups is 3. The molecule has 7 heteroatoms. The SMILES string of the molecule is CCOC(=O)Oc1ccc(C(=O)NCc2ccccc2NC(=O)/C=C/C2CCCCC2)cc1. The molecule has 1 aliphatic carbocycles. The third-order valence-corrected chi connectivity index (χ3v) is 5.46. The van der Waals surface area contributed by atoms with Crippen molar-refractivity contribution in [2.75, 3.05) is 11.9 Å². The van der Waals surface area contributed by atoms with E-state index in [9.17, 15) is 14.4 Å². The molecule has 0 spiro atoms. The summed E-state index contributed by atoms with van der Waals surface area (Å²) in [6, 6.07) is 13.6. The van der Waals surface area contributed by atoms with E-state index in [2.05, 4.69) is 10.6 Å². The van der Waals surface area contributed by atoms with Crippen molar-refractivity contribution >= 4 is 23.7 Å². The molecule has 0 atom stereocenters. The van der Waals surface area contributed by atoms with Gasteiger partial charge in [-0.3, -0.25) is 9.59 Å². The van der Waals surface area contributed by atoms with Crippen LogP contribution < -0.4 is 15.4 Å². The van der Waals surface area contributed by atoms with E-state index in [1.807, 2.05) is 30.3 Å². The van der Waals surface area contributed by atoms with Gasteiger partial charge in [-0.25, -0.2) is 4.79 Å². The molecular formula is C26H30N2O5. The van der Waals surface area contributed by atoms with E-state index in [1.54, 1.807) is 25.1 Å². The summed E-state index contributed by atoms with van der Waals surface area (Å²) in [5.41, 5.74) is 1.88. The smallest absolute Gasteiger partial charge is 0.434 e. The van der Waals surface area contributed by atoms with Gasteiger partial charge in [0.25, 0.3) is 5.91 Å². The predicted molar refractivity (Wildman–Crippen MR) is 126 cm³/mol. The summed E-state index contributed by atoms with van der Waals surface area (Å²) in [7, 11) is 0.